The smallest absolute Gasteiger partial charge is 0.870 e. The molecule has 2 fully saturated rings. The number of carboxylic acids is 1. The molecule has 49 heavy (non-hydrogen) atoms. The molecular weight excluding hydrogens is 643 g/mol. The number of methoxy groups -OCH3 is 1. The first kappa shape index (κ1) is 41.7. The van der Waals surface area contributed by atoms with E-state index in [0.29, 0.717) is 43.5 Å². The van der Waals surface area contributed by atoms with E-state index in [1.165, 1.54) is 16.9 Å². The summed E-state index contributed by atoms with van der Waals surface area (Å²) in [6.45, 7) is 0.873. The zero-order valence-electron chi connectivity index (χ0n) is 28.5. The summed E-state index contributed by atoms with van der Waals surface area (Å²) in [6.07, 6.45) is 6.57. The monoisotopic (exact) mass is 688 g/mol. The van der Waals surface area contributed by atoms with E-state index in [4.69, 9.17) is 14.9 Å². The van der Waals surface area contributed by atoms with Crippen LogP contribution in [0.2, 0.25) is 0 Å². The van der Waals surface area contributed by atoms with Crippen LogP contribution >= 0.6 is 0 Å². The molecule has 2 aromatic carbocycles. The molecule has 0 bridgehead atoms. The molecule has 4 amide bonds. The number of carboxylic acid groups (broad SMARTS) is 1. The number of aliphatic carboxylic acids is 1. The number of esters is 1. The average molecular weight is 689 g/mol. The number of hydrogen-bond acceptors (Lipinski definition) is 9. The van der Waals surface area contributed by atoms with Gasteiger partial charge in [-0.1, -0.05) is 36.4 Å². The van der Waals surface area contributed by atoms with Crippen molar-refractivity contribution < 1.29 is 78.8 Å². The predicted molar refractivity (Wildman–Crippen MR) is 173 cm³/mol. The van der Waals surface area contributed by atoms with Crippen molar-refractivity contribution in [3.63, 3.8) is 0 Å². The number of aliphatic hydroxyl groups is 1. The van der Waals surface area contributed by atoms with Crippen molar-refractivity contribution in [2.24, 2.45) is 23.7 Å². The second-order valence-corrected chi connectivity index (χ2v) is 12.6. The van der Waals surface area contributed by atoms with Gasteiger partial charge in [0, 0.05) is 31.3 Å². The summed E-state index contributed by atoms with van der Waals surface area (Å²) in [5.41, 5.74) is 2.85. The SMILES string of the molecule is CO.COC(=O)C1CCC(CN2C(=O)Cc3ccccc3C2=O)CC1.O=C(O)C1CCC(CN2C(=O)Cc3ccccc3C2=O)CC1.[Na+].[OH-]. The number of benzene rings is 2. The van der Waals surface area contributed by atoms with Crippen molar-refractivity contribution in [1.29, 1.82) is 0 Å². The number of nitrogens with zero attached hydrogens (tertiary/aromatic N) is 2. The summed E-state index contributed by atoms with van der Waals surface area (Å²) >= 11 is 0. The van der Waals surface area contributed by atoms with E-state index in [2.05, 4.69) is 0 Å². The Morgan fingerprint density at radius 3 is 1.41 bits per heavy atom. The quantitative estimate of drug-likeness (QED) is 0.249. The van der Waals surface area contributed by atoms with E-state index in [1.807, 2.05) is 36.4 Å². The molecule has 260 valence electrons. The third-order valence-corrected chi connectivity index (χ3v) is 9.73. The first-order chi connectivity index (χ1) is 22.7. The molecule has 4 aliphatic rings. The standard InChI is InChI=1S/C18H21NO4.C17H19NO4.CH4O.Na.H2O/c1-23-18(22)13-8-6-12(7-9-13)11-19-16(20)10-14-4-2-3-5-15(14)17(19)21;19-15-9-13-3-1-2-4-14(13)16(20)18(15)10-11-5-7-12(8-6-11)17(21)22;1-2;;/h2-5,12-13H,6-11H2,1H3;1-4,11-12H,5-10H2,(H,21,22);2H,1H3;;1H2/q;;;+1;/p-1. The van der Waals surface area contributed by atoms with Crippen LogP contribution in [0.1, 0.15) is 83.2 Å². The maximum absolute atomic E-state index is 12.6. The normalized spacial score (nSPS) is 22.8. The Morgan fingerprint density at radius 2 is 1.04 bits per heavy atom. The molecule has 2 aromatic rings. The van der Waals surface area contributed by atoms with Crippen LogP contribution in [0.3, 0.4) is 0 Å². The Kier molecular flexibility index (Phi) is 16.8. The van der Waals surface area contributed by atoms with Gasteiger partial charge in [0.15, 0.2) is 0 Å². The topological polar surface area (TPSA) is 189 Å². The molecule has 0 aromatic heterocycles. The zero-order valence-corrected chi connectivity index (χ0v) is 30.5. The number of fused-ring (bicyclic) bond motifs is 2. The first-order valence-electron chi connectivity index (χ1n) is 16.3. The summed E-state index contributed by atoms with van der Waals surface area (Å²) in [7, 11) is 2.41. The van der Waals surface area contributed by atoms with E-state index >= 15 is 0 Å². The summed E-state index contributed by atoms with van der Waals surface area (Å²) < 4.78 is 4.79. The fraction of sp³-hybridized carbons (Fsp3) is 0.500. The van der Waals surface area contributed by atoms with Gasteiger partial charge in [-0.15, -0.1) is 0 Å². The van der Waals surface area contributed by atoms with E-state index in [1.54, 1.807) is 12.1 Å². The molecular formula is C36H45N2NaO10. The van der Waals surface area contributed by atoms with E-state index in [0.717, 1.165) is 56.8 Å². The maximum Gasteiger partial charge on any atom is 1.00 e. The molecule has 0 unspecified atom stereocenters. The van der Waals surface area contributed by atoms with Crippen LogP contribution in [0.25, 0.3) is 0 Å². The maximum atomic E-state index is 12.6. The van der Waals surface area contributed by atoms with Crippen molar-refractivity contribution in [2.75, 3.05) is 27.3 Å². The number of hydrogen-bond donors (Lipinski definition) is 2. The minimum absolute atomic E-state index is 0. The molecule has 2 aliphatic carbocycles. The number of amides is 4. The Hall–Kier alpha value is -3.42. The molecule has 0 spiro atoms. The van der Waals surface area contributed by atoms with Gasteiger partial charge < -0.3 is 20.4 Å². The third kappa shape index (κ3) is 10.3. The predicted octanol–water partition coefficient (Wildman–Crippen LogP) is 0.729. The van der Waals surface area contributed by atoms with Gasteiger partial charge in [-0.05, 0) is 86.5 Å². The fourth-order valence-corrected chi connectivity index (χ4v) is 7.03. The minimum atomic E-state index is -0.738. The molecule has 3 N–H and O–H groups in total. The summed E-state index contributed by atoms with van der Waals surface area (Å²) in [5.74, 6) is -1.38. The van der Waals surface area contributed by atoms with Crippen LogP contribution in [0.5, 0.6) is 0 Å². The Balaban J connectivity index is 0.000000312. The van der Waals surface area contributed by atoms with Crippen LogP contribution in [-0.4, -0.2) is 88.4 Å². The van der Waals surface area contributed by atoms with Crippen molar-refractivity contribution in [3.8, 4) is 0 Å². The van der Waals surface area contributed by atoms with Crippen LogP contribution in [-0.2, 0) is 36.8 Å². The van der Waals surface area contributed by atoms with Gasteiger partial charge in [-0.25, -0.2) is 0 Å². The van der Waals surface area contributed by atoms with E-state index < -0.39 is 5.97 Å². The fourth-order valence-electron chi connectivity index (χ4n) is 7.03. The average Bonchev–Trinajstić information content (AvgIpc) is 3.10. The molecule has 12 nitrogen and oxygen atoms in total. The van der Waals surface area contributed by atoms with Gasteiger partial charge >= 0.3 is 41.5 Å². The van der Waals surface area contributed by atoms with Crippen LogP contribution in [0.15, 0.2) is 48.5 Å². The Labute approximate surface area is 308 Å². The van der Waals surface area contributed by atoms with Gasteiger partial charge in [0.1, 0.15) is 0 Å². The molecule has 2 aliphatic heterocycles. The third-order valence-electron chi connectivity index (χ3n) is 9.73. The van der Waals surface area contributed by atoms with Crippen molar-refractivity contribution in [1.82, 2.24) is 9.80 Å². The molecule has 0 saturated heterocycles. The second-order valence-electron chi connectivity index (χ2n) is 12.6. The number of rotatable bonds is 6. The molecule has 13 heteroatoms. The molecule has 0 radical (unpaired) electrons. The van der Waals surface area contributed by atoms with Crippen LogP contribution in [0, 0.1) is 23.7 Å². The van der Waals surface area contributed by atoms with Crippen LogP contribution < -0.4 is 29.6 Å². The number of aliphatic hydroxyl groups excluding tert-OH is 1. The largest absolute Gasteiger partial charge is 1.00 e. The van der Waals surface area contributed by atoms with Gasteiger partial charge in [0.2, 0.25) is 11.8 Å². The summed E-state index contributed by atoms with van der Waals surface area (Å²) in [5, 5.41) is 16.0. The Bertz CT molecular complexity index is 1480. The van der Waals surface area contributed by atoms with Gasteiger partial charge in [-0.3, -0.25) is 38.6 Å². The molecule has 2 saturated carbocycles. The van der Waals surface area contributed by atoms with Crippen molar-refractivity contribution in [2.45, 2.75) is 64.2 Å². The molecule has 0 atom stereocenters. The van der Waals surface area contributed by atoms with Gasteiger partial charge in [0.05, 0.1) is 31.8 Å². The zero-order chi connectivity index (χ0) is 34.1. The van der Waals surface area contributed by atoms with Gasteiger partial charge in [0.25, 0.3) is 11.8 Å². The Morgan fingerprint density at radius 1 is 0.673 bits per heavy atom. The summed E-state index contributed by atoms with van der Waals surface area (Å²) in [4.78, 5) is 74.8. The van der Waals surface area contributed by atoms with Gasteiger partial charge in [-0.2, -0.15) is 0 Å². The minimum Gasteiger partial charge on any atom is -0.870 e. The molecule has 2 heterocycles. The number of ether oxygens (including phenoxy) is 1. The van der Waals surface area contributed by atoms with Crippen molar-refractivity contribution in [3.05, 3.63) is 70.8 Å². The number of imide groups is 2. The second kappa shape index (κ2) is 19.7. The van der Waals surface area contributed by atoms with Crippen LogP contribution in [0.4, 0.5) is 0 Å². The number of carbonyl (C=O) groups is 6. The van der Waals surface area contributed by atoms with Crippen molar-refractivity contribution >= 4 is 35.6 Å². The number of carbonyl (C=O) groups excluding carboxylic acids is 5. The van der Waals surface area contributed by atoms with E-state index in [-0.39, 0.29) is 94.7 Å². The first-order valence-corrected chi connectivity index (χ1v) is 16.3. The van der Waals surface area contributed by atoms with E-state index in [9.17, 15) is 28.8 Å². The molecule has 6 rings (SSSR count). The summed E-state index contributed by atoms with van der Waals surface area (Å²) in [6, 6.07) is 14.5.